The number of rotatable bonds is 6. The summed E-state index contributed by atoms with van der Waals surface area (Å²) in [6.07, 6.45) is 1.03. The van der Waals surface area contributed by atoms with Crippen molar-refractivity contribution in [2.24, 2.45) is 0 Å². The first-order valence-electron chi connectivity index (χ1n) is 6.74. The summed E-state index contributed by atoms with van der Waals surface area (Å²) < 4.78 is 5.42. The molecular weight excluding hydrogens is 276 g/mol. The summed E-state index contributed by atoms with van der Waals surface area (Å²) in [6, 6.07) is 7.30. The molecule has 0 saturated carbocycles. The van der Waals surface area contributed by atoms with Gasteiger partial charge in [0.25, 0.3) is 5.91 Å². The second-order valence-corrected chi connectivity index (χ2v) is 5.38. The molecule has 0 atom stereocenters. The topological polar surface area (TPSA) is 54.1 Å². The molecular formula is C15H19ClN2O2. The van der Waals surface area contributed by atoms with E-state index in [0.29, 0.717) is 23.9 Å². The van der Waals surface area contributed by atoms with Crippen molar-refractivity contribution in [3.63, 3.8) is 0 Å². The summed E-state index contributed by atoms with van der Waals surface area (Å²) in [6.45, 7) is 5.24. The molecule has 0 fully saturated rings. The lowest BCUT2D eigenvalue weighted by molar-refractivity contribution is 0.0756. The Kier molecular flexibility index (Phi) is 5.04. The largest absolute Gasteiger partial charge is 0.379 e. The molecule has 0 radical (unpaired) electrons. The monoisotopic (exact) mass is 294 g/mol. The van der Waals surface area contributed by atoms with E-state index < -0.39 is 0 Å². The first-order chi connectivity index (χ1) is 9.56. The van der Waals surface area contributed by atoms with E-state index in [1.165, 1.54) is 0 Å². The Balaban J connectivity index is 1.88. The number of carbonyl (C=O) groups is 1. The first kappa shape index (κ1) is 14.9. The van der Waals surface area contributed by atoms with Gasteiger partial charge in [0.05, 0.1) is 6.10 Å². The smallest absolute Gasteiger partial charge is 0.267 e. The molecule has 0 bridgehead atoms. The van der Waals surface area contributed by atoms with E-state index in [1.807, 2.05) is 26.0 Å². The van der Waals surface area contributed by atoms with Crippen molar-refractivity contribution in [1.29, 1.82) is 0 Å². The second kappa shape index (κ2) is 6.77. The van der Waals surface area contributed by atoms with Crippen LogP contribution in [0.4, 0.5) is 0 Å². The summed E-state index contributed by atoms with van der Waals surface area (Å²) in [5.74, 6) is -0.109. The molecule has 0 aliphatic rings. The number of hydrogen-bond donors (Lipinski definition) is 2. The van der Waals surface area contributed by atoms with Gasteiger partial charge in [0.1, 0.15) is 5.69 Å². The predicted octanol–water partition coefficient (Wildman–Crippen LogP) is 3.37. The Hall–Kier alpha value is -1.52. The molecule has 1 amide bonds. The minimum atomic E-state index is -0.109. The molecule has 1 aromatic carbocycles. The van der Waals surface area contributed by atoms with Crippen LogP contribution < -0.4 is 5.32 Å². The van der Waals surface area contributed by atoms with Crippen LogP contribution in [-0.2, 0) is 4.74 Å². The van der Waals surface area contributed by atoms with Crippen molar-refractivity contribution < 1.29 is 9.53 Å². The van der Waals surface area contributed by atoms with Crippen molar-refractivity contribution in [2.75, 3.05) is 13.2 Å². The SMILES string of the molecule is CC(C)OCCCNC(=O)c1cc2cc(Cl)ccc2[nH]1. The second-order valence-electron chi connectivity index (χ2n) is 4.94. The van der Waals surface area contributed by atoms with Gasteiger partial charge in [0, 0.05) is 29.1 Å². The minimum Gasteiger partial charge on any atom is -0.379 e. The van der Waals surface area contributed by atoms with E-state index in [0.717, 1.165) is 17.3 Å². The number of aromatic nitrogens is 1. The molecule has 5 heteroatoms. The third kappa shape index (κ3) is 3.99. The summed E-state index contributed by atoms with van der Waals surface area (Å²) >= 11 is 5.92. The molecule has 20 heavy (non-hydrogen) atoms. The molecule has 0 spiro atoms. The zero-order valence-electron chi connectivity index (χ0n) is 11.7. The van der Waals surface area contributed by atoms with Gasteiger partial charge in [-0.1, -0.05) is 11.6 Å². The summed E-state index contributed by atoms with van der Waals surface area (Å²) in [4.78, 5) is 15.1. The molecule has 0 saturated heterocycles. The van der Waals surface area contributed by atoms with Crippen LogP contribution in [0.2, 0.25) is 5.02 Å². The standard InChI is InChI=1S/C15H19ClN2O2/c1-10(2)20-7-3-6-17-15(19)14-9-11-8-12(16)4-5-13(11)18-14/h4-5,8-10,18H,3,6-7H2,1-2H3,(H,17,19). The molecule has 0 aliphatic heterocycles. The first-order valence-corrected chi connectivity index (χ1v) is 7.12. The Bertz CT molecular complexity index is 593. The van der Waals surface area contributed by atoms with Crippen LogP contribution in [0.25, 0.3) is 10.9 Å². The van der Waals surface area contributed by atoms with E-state index in [-0.39, 0.29) is 12.0 Å². The van der Waals surface area contributed by atoms with Gasteiger partial charge in [-0.25, -0.2) is 0 Å². The molecule has 108 valence electrons. The minimum absolute atomic E-state index is 0.109. The van der Waals surface area contributed by atoms with Gasteiger partial charge in [-0.2, -0.15) is 0 Å². The van der Waals surface area contributed by atoms with Crippen LogP contribution in [0.3, 0.4) is 0 Å². The number of aromatic amines is 1. The molecule has 1 aromatic heterocycles. The van der Waals surface area contributed by atoms with Crippen LogP contribution in [0.15, 0.2) is 24.3 Å². The zero-order valence-corrected chi connectivity index (χ0v) is 12.5. The number of carbonyl (C=O) groups excluding carboxylic acids is 1. The van der Waals surface area contributed by atoms with Gasteiger partial charge in [0.2, 0.25) is 0 Å². The summed E-state index contributed by atoms with van der Waals surface area (Å²) in [7, 11) is 0. The molecule has 4 nitrogen and oxygen atoms in total. The van der Waals surface area contributed by atoms with Gasteiger partial charge in [-0.3, -0.25) is 4.79 Å². The lowest BCUT2D eigenvalue weighted by Gasteiger charge is -2.07. The van der Waals surface area contributed by atoms with Crippen molar-refractivity contribution in [3.05, 3.63) is 35.0 Å². The Labute approximate surface area is 123 Å². The fourth-order valence-corrected chi connectivity index (χ4v) is 2.09. The fourth-order valence-electron chi connectivity index (χ4n) is 1.91. The van der Waals surface area contributed by atoms with E-state index >= 15 is 0 Å². The van der Waals surface area contributed by atoms with Gasteiger partial charge < -0.3 is 15.0 Å². The molecule has 2 rings (SSSR count). The van der Waals surface area contributed by atoms with Crippen molar-refractivity contribution in [2.45, 2.75) is 26.4 Å². The van der Waals surface area contributed by atoms with E-state index in [4.69, 9.17) is 16.3 Å². The maximum Gasteiger partial charge on any atom is 0.267 e. The fraction of sp³-hybridized carbons (Fsp3) is 0.400. The number of ether oxygens (including phenoxy) is 1. The number of H-pyrrole nitrogens is 1. The highest BCUT2D eigenvalue weighted by atomic mass is 35.5. The molecule has 2 N–H and O–H groups in total. The van der Waals surface area contributed by atoms with Crippen LogP contribution >= 0.6 is 11.6 Å². The third-order valence-electron chi connectivity index (χ3n) is 2.89. The number of amides is 1. The van der Waals surface area contributed by atoms with E-state index in [1.54, 1.807) is 12.1 Å². The van der Waals surface area contributed by atoms with Gasteiger partial charge in [0.15, 0.2) is 0 Å². The van der Waals surface area contributed by atoms with Crippen LogP contribution in [-0.4, -0.2) is 30.1 Å². The number of halogens is 1. The molecule has 0 unspecified atom stereocenters. The lowest BCUT2D eigenvalue weighted by Crippen LogP contribution is -2.25. The van der Waals surface area contributed by atoms with Gasteiger partial charge >= 0.3 is 0 Å². The van der Waals surface area contributed by atoms with Crippen molar-refractivity contribution in [3.8, 4) is 0 Å². The average Bonchev–Trinajstić information content (AvgIpc) is 2.80. The zero-order chi connectivity index (χ0) is 14.5. The average molecular weight is 295 g/mol. The third-order valence-corrected chi connectivity index (χ3v) is 3.12. The Morgan fingerprint density at radius 1 is 1.40 bits per heavy atom. The predicted molar refractivity (Wildman–Crippen MR) is 81.3 cm³/mol. The van der Waals surface area contributed by atoms with Crippen LogP contribution in [0, 0.1) is 0 Å². The van der Waals surface area contributed by atoms with Crippen LogP contribution in [0.5, 0.6) is 0 Å². The highest BCUT2D eigenvalue weighted by Gasteiger charge is 2.09. The van der Waals surface area contributed by atoms with Gasteiger partial charge in [-0.05, 0) is 44.5 Å². The van der Waals surface area contributed by atoms with Crippen molar-refractivity contribution in [1.82, 2.24) is 10.3 Å². The van der Waals surface area contributed by atoms with E-state index in [2.05, 4.69) is 10.3 Å². The van der Waals surface area contributed by atoms with Gasteiger partial charge in [-0.15, -0.1) is 0 Å². The summed E-state index contributed by atoms with van der Waals surface area (Å²) in [5.41, 5.74) is 1.45. The summed E-state index contributed by atoms with van der Waals surface area (Å²) in [5, 5.41) is 4.46. The normalized spacial score (nSPS) is 11.2. The van der Waals surface area contributed by atoms with Crippen molar-refractivity contribution >= 4 is 28.4 Å². The number of benzene rings is 1. The molecule has 1 heterocycles. The number of hydrogen-bond acceptors (Lipinski definition) is 2. The van der Waals surface area contributed by atoms with E-state index in [9.17, 15) is 4.79 Å². The molecule has 0 aliphatic carbocycles. The quantitative estimate of drug-likeness (QED) is 0.803. The maximum absolute atomic E-state index is 12.0. The Morgan fingerprint density at radius 2 is 2.20 bits per heavy atom. The molecule has 2 aromatic rings. The lowest BCUT2D eigenvalue weighted by atomic mass is 10.2. The Morgan fingerprint density at radius 3 is 2.95 bits per heavy atom. The highest BCUT2D eigenvalue weighted by Crippen LogP contribution is 2.19. The van der Waals surface area contributed by atoms with Crippen LogP contribution in [0.1, 0.15) is 30.8 Å². The number of nitrogens with one attached hydrogen (secondary N) is 2. The highest BCUT2D eigenvalue weighted by molar-refractivity contribution is 6.31. The maximum atomic E-state index is 12.0. The number of fused-ring (bicyclic) bond motifs is 1.